The second-order valence-electron chi connectivity index (χ2n) is 4.75. The van der Waals surface area contributed by atoms with Crippen molar-refractivity contribution < 1.29 is 4.79 Å². The maximum atomic E-state index is 12.0. The predicted octanol–water partition coefficient (Wildman–Crippen LogP) is 2.60. The molecule has 0 aliphatic carbocycles. The SMILES string of the molecule is CCC(C)[C@H](N)C(=O)Nc1nc2ccccc2nc1Cl. The first kappa shape index (κ1) is 14.7. The van der Waals surface area contributed by atoms with Crippen molar-refractivity contribution in [3.63, 3.8) is 0 Å². The Labute approximate surface area is 122 Å². The summed E-state index contributed by atoms with van der Waals surface area (Å²) in [7, 11) is 0. The zero-order valence-electron chi connectivity index (χ0n) is 11.4. The van der Waals surface area contributed by atoms with E-state index in [0.29, 0.717) is 11.0 Å². The maximum Gasteiger partial charge on any atom is 0.242 e. The Hall–Kier alpha value is -1.72. The molecule has 6 heteroatoms. The molecule has 20 heavy (non-hydrogen) atoms. The van der Waals surface area contributed by atoms with Crippen LogP contribution < -0.4 is 11.1 Å². The second kappa shape index (κ2) is 6.15. The molecular weight excluding hydrogens is 276 g/mol. The number of nitrogens with two attached hydrogens (primary N) is 1. The molecular formula is C14H17ClN4O. The van der Waals surface area contributed by atoms with Gasteiger partial charge in [-0.1, -0.05) is 44.0 Å². The molecule has 1 amide bonds. The summed E-state index contributed by atoms with van der Waals surface area (Å²) in [6, 6.07) is 6.73. The van der Waals surface area contributed by atoms with Crippen molar-refractivity contribution in [2.24, 2.45) is 11.7 Å². The van der Waals surface area contributed by atoms with Crippen molar-refractivity contribution in [3.05, 3.63) is 29.4 Å². The second-order valence-corrected chi connectivity index (χ2v) is 5.11. The van der Waals surface area contributed by atoms with Crippen LogP contribution in [0.5, 0.6) is 0 Å². The number of hydrogen-bond donors (Lipinski definition) is 2. The Morgan fingerprint density at radius 3 is 2.55 bits per heavy atom. The quantitative estimate of drug-likeness (QED) is 0.907. The number of aromatic nitrogens is 2. The Bertz CT molecular complexity index is 632. The minimum absolute atomic E-state index is 0.0854. The highest BCUT2D eigenvalue weighted by molar-refractivity contribution is 6.32. The highest BCUT2D eigenvalue weighted by atomic mass is 35.5. The molecule has 5 nitrogen and oxygen atoms in total. The van der Waals surface area contributed by atoms with Crippen molar-refractivity contribution in [3.8, 4) is 0 Å². The van der Waals surface area contributed by atoms with E-state index in [1.807, 2.05) is 38.1 Å². The van der Waals surface area contributed by atoms with Crippen LogP contribution in [0, 0.1) is 5.92 Å². The number of carbonyl (C=O) groups is 1. The van der Waals surface area contributed by atoms with Gasteiger partial charge in [-0.15, -0.1) is 0 Å². The fourth-order valence-electron chi connectivity index (χ4n) is 1.77. The molecule has 2 rings (SSSR count). The number of halogens is 1. The van der Waals surface area contributed by atoms with E-state index < -0.39 is 6.04 Å². The summed E-state index contributed by atoms with van der Waals surface area (Å²) in [6.07, 6.45) is 0.825. The normalized spacial score (nSPS) is 14.0. The third-order valence-electron chi connectivity index (χ3n) is 3.33. The van der Waals surface area contributed by atoms with Gasteiger partial charge in [0.2, 0.25) is 5.91 Å². The number of anilines is 1. The highest BCUT2D eigenvalue weighted by Crippen LogP contribution is 2.21. The lowest BCUT2D eigenvalue weighted by Crippen LogP contribution is -2.40. The van der Waals surface area contributed by atoms with Gasteiger partial charge >= 0.3 is 0 Å². The van der Waals surface area contributed by atoms with Crippen LogP contribution in [-0.2, 0) is 4.79 Å². The monoisotopic (exact) mass is 292 g/mol. The molecule has 0 radical (unpaired) electrons. The molecule has 1 unspecified atom stereocenters. The highest BCUT2D eigenvalue weighted by Gasteiger charge is 2.21. The summed E-state index contributed by atoms with van der Waals surface area (Å²) in [5, 5.41) is 2.81. The van der Waals surface area contributed by atoms with E-state index in [4.69, 9.17) is 17.3 Å². The van der Waals surface area contributed by atoms with Crippen molar-refractivity contribution in [2.75, 3.05) is 5.32 Å². The van der Waals surface area contributed by atoms with Crippen molar-refractivity contribution in [2.45, 2.75) is 26.3 Å². The molecule has 2 aromatic rings. The van der Waals surface area contributed by atoms with Crippen LogP contribution >= 0.6 is 11.6 Å². The van der Waals surface area contributed by atoms with Crippen LogP contribution in [0.4, 0.5) is 5.82 Å². The van der Waals surface area contributed by atoms with Gasteiger partial charge in [-0.2, -0.15) is 0 Å². The average Bonchev–Trinajstić information content (AvgIpc) is 2.46. The van der Waals surface area contributed by atoms with E-state index in [2.05, 4.69) is 15.3 Å². The molecule has 0 aliphatic heterocycles. The van der Waals surface area contributed by atoms with Crippen LogP contribution in [0.1, 0.15) is 20.3 Å². The van der Waals surface area contributed by atoms with E-state index in [1.54, 1.807) is 0 Å². The smallest absolute Gasteiger partial charge is 0.242 e. The lowest BCUT2D eigenvalue weighted by atomic mass is 9.99. The number of fused-ring (bicyclic) bond motifs is 1. The number of benzene rings is 1. The predicted molar refractivity (Wildman–Crippen MR) is 80.6 cm³/mol. The first-order valence-corrected chi connectivity index (χ1v) is 6.89. The Kier molecular flexibility index (Phi) is 4.52. The molecule has 1 aromatic heterocycles. The number of para-hydroxylation sites is 2. The first-order valence-electron chi connectivity index (χ1n) is 6.51. The van der Waals surface area contributed by atoms with Gasteiger partial charge in [0.25, 0.3) is 0 Å². The minimum Gasteiger partial charge on any atom is -0.320 e. The molecule has 0 spiro atoms. The van der Waals surface area contributed by atoms with Crippen molar-refractivity contribution in [1.82, 2.24) is 9.97 Å². The van der Waals surface area contributed by atoms with Crippen LogP contribution in [0.15, 0.2) is 24.3 Å². The van der Waals surface area contributed by atoms with E-state index in [9.17, 15) is 4.79 Å². The summed E-state index contributed by atoms with van der Waals surface area (Å²) < 4.78 is 0. The van der Waals surface area contributed by atoms with Crippen LogP contribution in [-0.4, -0.2) is 21.9 Å². The molecule has 2 atom stereocenters. The zero-order chi connectivity index (χ0) is 14.7. The molecule has 0 aliphatic rings. The maximum absolute atomic E-state index is 12.0. The molecule has 0 fully saturated rings. The van der Waals surface area contributed by atoms with Gasteiger partial charge in [-0.25, -0.2) is 9.97 Å². The van der Waals surface area contributed by atoms with Gasteiger partial charge in [0.05, 0.1) is 17.1 Å². The molecule has 0 saturated heterocycles. The Morgan fingerprint density at radius 1 is 1.35 bits per heavy atom. The van der Waals surface area contributed by atoms with E-state index >= 15 is 0 Å². The summed E-state index contributed by atoms with van der Waals surface area (Å²) >= 11 is 6.04. The number of hydrogen-bond acceptors (Lipinski definition) is 4. The minimum atomic E-state index is -0.593. The fraction of sp³-hybridized carbons (Fsp3) is 0.357. The Balaban J connectivity index is 2.25. The molecule has 3 N–H and O–H groups in total. The van der Waals surface area contributed by atoms with Crippen LogP contribution in [0.2, 0.25) is 5.15 Å². The zero-order valence-corrected chi connectivity index (χ0v) is 12.2. The van der Waals surface area contributed by atoms with Gasteiger partial charge < -0.3 is 11.1 Å². The number of carbonyl (C=O) groups excluding carboxylic acids is 1. The largest absolute Gasteiger partial charge is 0.320 e. The lowest BCUT2D eigenvalue weighted by molar-refractivity contribution is -0.118. The summed E-state index contributed by atoms with van der Waals surface area (Å²) in [4.78, 5) is 20.5. The van der Waals surface area contributed by atoms with E-state index in [1.165, 1.54) is 0 Å². The van der Waals surface area contributed by atoms with Gasteiger partial charge in [0, 0.05) is 0 Å². The number of rotatable bonds is 4. The third kappa shape index (κ3) is 3.05. The topological polar surface area (TPSA) is 80.9 Å². The number of amides is 1. The standard InChI is InChI=1S/C14H17ClN4O/c1-3-8(2)11(16)14(20)19-13-12(15)17-9-6-4-5-7-10(9)18-13/h4-8,11H,3,16H2,1-2H3,(H,18,19,20)/t8?,11-/m0/s1. The third-order valence-corrected chi connectivity index (χ3v) is 3.59. The van der Waals surface area contributed by atoms with E-state index in [-0.39, 0.29) is 22.8 Å². The van der Waals surface area contributed by atoms with Gasteiger partial charge in [0.15, 0.2) is 11.0 Å². The van der Waals surface area contributed by atoms with Gasteiger partial charge in [0.1, 0.15) is 0 Å². The van der Waals surface area contributed by atoms with Gasteiger partial charge in [-0.3, -0.25) is 4.79 Å². The molecule has 0 bridgehead atoms. The summed E-state index contributed by atoms with van der Waals surface area (Å²) in [5.74, 6) is 0.0298. The average molecular weight is 293 g/mol. The van der Waals surface area contributed by atoms with Gasteiger partial charge in [-0.05, 0) is 18.1 Å². The molecule has 106 valence electrons. The van der Waals surface area contributed by atoms with Crippen LogP contribution in [0.25, 0.3) is 11.0 Å². The molecule has 1 heterocycles. The summed E-state index contributed by atoms with van der Waals surface area (Å²) in [5.41, 5.74) is 7.23. The van der Waals surface area contributed by atoms with Crippen molar-refractivity contribution in [1.29, 1.82) is 0 Å². The number of nitrogens with zero attached hydrogens (tertiary/aromatic N) is 2. The van der Waals surface area contributed by atoms with E-state index in [0.717, 1.165) is 6.42 Å². The molecule has 0 saturated carbocycles. The summed E-state index contributed by atoms with van der Waals surface area (Å²) in [6.45, 7) is 3.92. The van der Waals surface area contributed by atoms with Crippen LogP contribution in [0.3, 0.4) is 0 Å². The Morgan fingerprint density at radius 2 is 1.95 bits per heavy atom. The fourth-order valence-corrected chi connectivity index (χ4v) is 1.95. The molecule has 1 aromatic carbocycles. The lowest BCUT2D eigenvalue weighted by Gasteiger charge is -2.17. The first-order chi connectivity index (χ1) is 9.52. The van der Waals surface area contributed by atoms with Crippen molar-refractivity contribution >= 4 is 34.4 Å². The number of nitrogens with one attached hydrogen (secondary N) is 1.